The van der Waals surface area contributed by atoms with Crippen molar-refractivity contribution in [3.8, 4) is 5.75 Å². The van der Waals surface area contributed by atoms with Crippen LogP contribution in [0.15, 0.2) is 46.9 Å². The van der Waals surface area contributed by atoms with Crippen LogP contribution in [0.5, 0.6) is 5.75 Å². The Morgan fingerprint density at radius 1 is 1.28 bits per heavy atom. The van der Waals surface area contributed by atoms with Gasteiger partial charge in [0.05, 0.1) is 18.1 Å². The first-order chi connectivity index (χ1) is 12.0. The van der Waals surface area contributed by atoms with E-state index >= 15 is 0 Å². The topological polar surface area (TPSA) is 58.6 Å². The summed E-state index contributed by atoms with van der Waals surface area (Å²) in [6.45, 7) is 0.920. The van der Waals surface area contributed by atoms with Gasteiger partial charge >= 0.3 is 0 Å². The SMILES string of the molecule is COc1ccc2c(c1)[C@]1(CCN(C(=O)c3ccccc3Br)C1)C(=O)N2. The number of halogens is 1. The van der Waals surface area contributed by atoms with Gasteiger partial charge in [-0.05, 0) is 58.2 Å². The van der Waals surface area contributed by atoms with E-state index in [1.165, 1.54) is 0 Å². The van der Waals surface area contributed by atoms with Crippen LogP contribution >= 0.6 is 15.9 Å². The minimum atomic E-state index is -0.694. The molecule has 0 unspecified atom stereocenters. The minimum Gasteiger partial charge on any atom is -0.497 e. The maximum absolute atomic E-state index is 12.9. The van der Waals surface area contributed by atoms with Crippen molar-refractivity contribution < 1.29 is 14.3 Å². The van der Waals surface area contributed by atoms with Gasteiger partial charge < -0.3 is 15.0 Å². The Bertz CT molecular complexity index is 883. The molecule has 25 heavy (non-hydrogen) atoms. The quantitative estimate of drug-likeness (QED) is 0.841. The van der Waals surface area contributed by atoms with E-state index in [4.69, 9.17) is 4.74 Å². The Morgan fingerprint density at radius 3 is 2.84 bits per heavy atom. The second-order valence-corrected chi connectivity index (χ2v) is 7.26. The number of carbonyl (C=O) groups is 2. The van der Waals surface area contributed by atoms with E-state index in [0.29, 0.717) is 30.8 Å². The van der Waals surface area contributed by atoms with Crippen LogP contribution in [0.2, 0.25) is 0 Å². The van der Waals surface area contributed by atoms with Gasteiger partial charge in [0.2, 0.25) is 5.91 Å². The minimum absolute atomic E-state index is 0.0434. The fourth-order valence-corrected chi connectivity index (χ4v) is 4.17. The van der Waals surface area contributed by atoms with Gasteiger partial charge in [0.1, 0.15) is 5.75 Å². The van der Waals surface area contributed by atoms with Gasteiger partial charge in [0.25, 0.3) is 5.91 Å². The highest BCUT2D eigenvalue weighted by atomic mass is 79.9. The van der Waals surface area contributed by atoms with Crippen LogP contribution in [0.3, 0.4) is 0 Å². The van der Waals surface area contributed by atoms with Crippen molar-refractivity contribution in [1.82, 2.24) is 4.90 Å². The number of ether oxygens (including phenoxy) is 1. The normalized spacial score (nSPS) is 21.4. The third-order valence-corrected chi connectivity index (χ3v) is 5.78. The first-order valence-electron chi connectivity index (χ1n) is 8.09. The molecule has 0 bridgehead atoms. The predicted molar refractivity (Wildman–Crippen MR) is 98.0 cm³/mol. The fraction of sp³-hybridized carbons (Fsp3) is 0.263. The summed E-state index contributed by atoms with van der Waals surface area (Å²) in [5.74, 6) is 0.608. The van der Waals surface area contributed by atoms with E-state index in [1.807, 2.05) is 36.4 Å². The lowest BCUT2D eigenvalue weighted by atomic mass is 9.81. The molecule has 0 radical (unpaired) electrons. The lowest BCUT2D eigenvalue weighted by molar-refractivity contribution is -0.120. The average molecular weight is 401 g/mol. The molecule has 2 aromatic carbocycles. The summed E-state index contributed by atoms with van der Waals surface area (Å²) >= 11 is 3.43. The molecule has 5 nitrogen and oxygen atoms in total. The van der Waals surface area contributed by atoms with Crippen molar-refractivity contribution in [3.05, 3.63) is 58.1 Å². The molecule has 1 N–H and O–H groups in total. The third kappa shape index (κ3) is 2.43. The van der Waals surface area contributed by atoms with Crippen LogP contribution in [0.4, 0.5) is 5.69 Å². The van der Waals surface area contributed by atoms with Gasteiger partial charge in [-0.3, -0.25) is 9.59 Å². The molecule has 1 fully saturated rings. The zero-order chi connectivity index (χ0) is 17.6. The van der Waals surface area contributed by atoms with Crippen LogP contribution in [-0.4, -0.2) is 36.9 Å². The molecule has 1 atom stereocenters. The summed E-state index contributed by atoms with van der Waals surface area (Å²) in [6, 6.07) is 13.0. The van der Waals surface area contributed by atoms with E-state index in [9.17, 15) is 9.59 Å². The maximum Gasteiger partial charge on any atom is 0.255 e. The molecule has 2 amide bonds. The third-order valence-electron chi connectivity index (χ3n) is 5.09. The van der Waals surface area contributed by atoms with Crippen LogP contribution in [0.25, 0.3) is 0 Å². The molecular formula is C19H17BrN2O3. The lowest BCUT2D eigenvalue weighted by Crippen LogP contribution is -2.39. The molecule has 6 heteroatoms. The molecule has 0 saturated carbocycles. The molecular weight excluding hydrogens is 384 g/mol. The highest BCUT2D eigenvalue weighted by Gasteiger charge is 2.52. The van der Waals surface area contributed by atoms with E-state index in [2.05, 4.69) is 21.2 Å². The summed E-state index contributed by atoms with van der Waals surface area (Å²) in [5.41, 5.74) is 1.64. The summed E-state index contributed by atoms with van der Waals surface area (Å²) in [4.78, 5) is 27.4. The lowest BCUT2D eigenvalue weighted by Gasteiger charge is -2.23. The highest BCUT2D eigenvalue weighted by Crippen LogP contribution is 2.45. The van der Waals surface area contributed by atoms with Gasteiger partial charge in [-0.2, -0.15) is 0 Å². The first-order valence-corrected chi connectivity index (χ1v) is 8.88. The number of hydrogen-bond donors (Lipinski definition) is 1. The number of fused-ring (bicyclic) bond motifs is 2. The Balaban J connectivity index is 1.68. The molecule has 1 spiro atoms. The van der Waals surface area contributed by atoms with E-state index < -0.39 is 5.41 Å². The van der Waals surface area contributed by atoms with E-state index in [1.54, 1.807) is 18.1 Å². The molecule has 2 aliphatic rings. The highest BCUT2D eigenvalue weighted by molar-refractivity contribution is 9.10. The smallest absolute Gasteiger partial charge is 0.255 e. The van der Waals surface area contributed by atoms with Crippen LogP contribution in [0.1, 0.15) is 22.3 Å². The first kappa shape index (κ1) is 16.1. The number of nitrogens with one attached hydrogen (secondary N) is 1. The van der Waals surface area contributed by atoms with Gasteiger partial charge in [-0.1, -0.05) is 12.1 Å². The van der Waals surface area contributed by atoms with Crippen molar-refractivity contribution in [1.29, 1.82) is 0 Å². The van der Waals surface area contributed by atoms with E-state index in [0.717, 1.165) is 15.7 Å². The van der Waals surface area contributed by atoms with Crippen molar-refractivity contribution in [2.24, 2.45) is 0 Å². The van der Waals surface area contributed by atoms with Crippen LogP contribution in [-0.2, 0) is 10.2 Å². The number of likely N-dealkylation sites (tertiary alicyclic amines) is 1. The monoisotopic (exact) mass is 400 g/mol. The second kappa shape index (κ2) is 5.88. The maximum atomic E-state index is 12.9. The summed E-state index contributed by atoms with van der Waals surface area (Å²) in [6.07, 6.45) is 0.606. The fourth-order valence-electron chi connectivity index (χ4n) is 3.71. The molecule has 0 aliphatic carbocycles. The largest absolute Gasteiger partial charge is 0.497 e. The standard InChI is InChI=1S/C19H17BrN2O3/c1-25-12-6-7-16-14(10-12)19(18(24)21-16)8-9-22(11-19)17(23)13-4-2-3-5-15(13)20/h2-7,10H,8-9,11H2,1H3,(H,21,24)/t19-/m1/s1. The van der Waals surface area contributed by atoms with Crippen molar-refractivity contribution >= 4 is 33.4 Å². The molecule has 2 aromatic rings. The van der Waals surface area contributed by atoms with Crippen molar-refractivity contribution in [2.75, 3.05) is 25.5 Å². The molecule has 2 heterocycles. The summed E-state index contributed by atoms with van der Waals surface area (Å²) < 4.78 is 6.07. The average Bonchev–Trinajstić information content (AvgIpc) is 3.18. The molecule has 1 saturated heterocycles. The Morgan fingerprint density at radius 2 is 2.08 bits per heavy atom. The summed E-state index contributed by atoms with van der Waals surface area (Å²) in [7, 11) is 1.61. The van der Waals surface area contributed by atoms with Crippen molar-refractivity contribution in [2.45, 2.75) is 11.8 Å². The number of carbonyl (C=O) groups excluding carboxylic acids is 2. The number of methoxy groups -OCH3 is 1. The zero-order valence-corrected chi connectivity index (χ0v) is 15.3. The van der Waals surface area contributed by atoms with Gasteiger partial charge in [0, 0.05) is 23.2 Å². The number of nitrogens with zero attached hydrogens (tertiary/aromatic N) is 1. The Kier molecular flexibility index (Phi) is 3.80. The predicted octanol–water partition coefficient (Wildman–Crippen LogP) is 3.19. The van der Waals surface area contributed by atoms with E-state index in [-0.39, 0.29) is 11.8 Å². The van der Waals surface area contributed by atoms with Crippen LogP contribution in [0, 0.1) is 0 Å². The molecule has 0 aromatic heterocycles. The Hall–Kier alpha value is -2.34. The molecule has 4 rings (SSSR count). The molecule has 2 aliphatic heterocycles. The number of hydrogen-bond acceptors (Lipinski definition) is 3. The number of rotatable bonds is 2. The Labute approximate surface area is 154 Å². The summed E-state index contributed by atoms with van der Waals surface area (Å²) in [5, 5.41) is 2.95. The zero-order valence-electron chi connectivity index (χ0n) is 13.7. The van der Waals surface area contributed by atoms with Gasteiger partial charge in [0.15, 0.2) is 0 Å². The van der Waals surface area contributed by atoms with Gasteiger partial charge in [-0.25, -0.2) is 0 Å². The molecule has 128 valence electrons. The number of anilines is 1. The number of benzene rings is 2. The van der Waals surface area contributed by atoms with Crippen LogP contribution < -0.4 is 10.1 Å². The van der Waals surface area contributed by atoms with Crippen molar-refractivity contribution in [3.63, 3.8) is 0 Å². The second-order valence-electron chi connectivity index (χ2n) is 6.40. The number of amides is 2. The van der Waals surface area contributed by atoms with Gasteiger partial charge in [-0.15, -0.1) is 0 Å².